The summed E-state index contributed by atoms with van der Waals surface area (Å²) in [5, 5.41) is 3.76. The highest BCUT2D eigenvalue weighted by Crippen LogP contribution is 2.28. The van der Waals surface area contributed by atoms with Gasteiger partial charge in [0, 0.05) is 29.5 Å². The molecule has 1 aromatic carbocycles. The number of unbranched alkanes of at least 4 members (excludes halogenated alkanes) is 1. The Morgan fingerprint density at radius 3 is 2.88 bits per heavy atom. The highest BCUT2D eigenvalue weighted by atomic mass is 32.2. The van der Waals surface area contributed by atoms with Gasteiger partial charge in [0.05, 0.1) is 11.5 Å². The average Bonchev–Trinajstić information content (AvgIpc) is 3.10. The van der Waals surface area contributed by atoms with Crippen LogP contribution in [0.15, 0.2) is 34.8 Å². The first-order valence-electron chi connectivity index (χ1n) is 8.68. The van der Waals surface area contributed by atoms with Gasteiger partial charge in [-0.1, -0.05) is 31.5 Å². The number of nitrogens with one attached hydrogen (secondary N) is 1. The Morgan fingerprint density at radius 1 is 1.36 bits per heavy atom. The van der Waals surface area contributed by atoms with Gasteiger partial charge >= 0.3 is 0 Å². The van der Waals surface area contributed by atoms with Gasteiger partial charge in [-0.3, -0.25) is 4.79 Å². The number of rotatable bonds is 6. The van der Waals surface area contributed by atoms with Crippen molar-refractivity contribution in [3.05, 3.63) is 41.7 Å². The van der Waals surface area contributed by atoms with Gasteiger partial charge in [-0.25, -0.2) is 8.42 Å². The van der Waals surface area contributed by atoms with Crippen molar-refractivity contribution >= 4 is 32.8 Å². The van der Waals surface area contributed by atoms with E-state index in [0.717, 1.165) is 41.6 Å². The van der Waals surface area contributed by atoms with Gasteiger partial charge in [0.2, 0.25) is 5.91 Å². The summed E-state index contributed by atoms with van der Waals surface area (Å²) in [7, 11) is -3.00. The minimum absolute atomic E-state index is 0.0307. The highest BCUT2D eigenvalue weighted by Gasteiger charge is 2.28. The Bertz CT molecular complexity index is 895. The number of amides is 1. The lowest BCUT2D eigenvalue weighted by atomic mass is 10.1. The van der Waals surface area contributed by atoms with E-state index >= 15 is 0 Å². The molecule has 1 aromatic heterocycles. The summed E-state index contributed by atoms with van der Waals surface area (Å²) >= 11 is 0. The zero-order valence-corrected chi connectivity index (χ0v) is 15.1. The molecule has 1 aliphatic heterocycles. The number of hydrogen-bond donors (Lipinski definition) is 1. The lowest BCUT2D eigenvalue weighted by Gasteiger charge is -2.07. The highest BCUT2D eigenvalue weighted by molar-refractivity contribution is 7.91. The van der Waals surface area contributed by atoms with Gasteiger partial charge in [-0.05, 0) is 25.0 Å². The van der Waals surface area contributed by atoms with Crippen molar-refractivity contribution in [2.45, 2.75) is 38.6 Å². The Labute approximate surface area is 148 Å². The van der Waals surface area contributed by atoms with Gasteiger partial charge in [0.1, 0.15) is 11.3 Å². The quantitative estimate of drug-likeness (QED) is 0.802. The van der Waals surface area contributed by atoms with E-state index in [-0.39, 0.29) is 23.5 Å². The normalized spacial score (nSPS) is 19.6. The fraction of sp³-hybridized carbons (Fsp3) is 0.421. The number of benzene rings is 1. The molecule has 25 heavy (non-hydrogen) atoms. The van der Waals surface area contributed by atoms with Crippen molar-refractivity contribution in [1.82, 2.24) is 5.32 Å². The van der Waals surface area contributed by atoms with Crippen LogP contribution in [0.5, 0.6) is 0 Å². The van der Waals surface area contributed by atoms with Crippen LogP contribution in [-0.4, -0.2) is 31.9 Å². The van der Waals surface area contributed by atoms with Crippen LogP contribution in [0, 0.1) is 0 Å². The van der Waals surface area contributed by atoms with Crippen LogP contribution >= 0.6 is 0 Å². The largest absolute Gasteiger partial charge is 0.460 e. The predicted molar refractivity (Wildman–Crippen MR) is 99.1 cm³/mol. The summed E-state index contributed by atoms with van der Waals surface area (Å²) in [6, 6.07) is 7.49. The molecule has 1 amide bonds. The molecule has 0 bridgehead atoms. The van der Waals surface area contributed by atoms with Crippen LogP contribution in [0.1, 0.15) is 37.5 Å². The first kappa shape index (κ1) is 17.7. The van der Waals surface area contributed by atoms with E-state index in [1.165, 1.54) is 6.08 Å². The smallest absolute Gasteiger partial charge is 0.244 e. The third kappa shape index (κ3) is 4.31. The number of carbonyl (C=O) groups is 1. The second-order valence-electron chi connectivity index (χ2n) is 6.48. The summed E-state index contributed by atoms with van der Waals surface area (Å²) in [6.45, 7) is 2.13. The van der Waals surface area contributed by atoms with Crippen molar-refractivity contribution < 1.29 is 17.6 Å². The van der Waals surface area contributed by atoms with E-state index in [4.69, 9.17) is 4.42 Å². The summed E-state index contributed by atoms with van der Waals surface area (Å²) in [5.74, 6) is 0.794. The van der Waals surface area contributed by atoms with Crippen molar-refractivity contribution in [2.75, 3.05) is 11.5 Å². The lowest BCUT2D eigenvalue weighted by Crippen LogP contribution is -2.34. The van der Waals surface area contributed by atoms with E-state index < -0.39 is 9.84 Å². The van der Waals surface area contributed by atoms with Crippen molar-refractivity contribution in [3.8, 4) is 0 Å². The van der Waals surface area contributed by atoms with Gasteiger partial charge in [0.15, 0.2) is 9.84 Å². The molecule has 2 aromatic rings. The number of carbonyl (C=O) groups excluding carboxylic acids is 1. The maximum Gasteiger partial charge on any atom is 0.244 e. The van der Waals surface area contributed by atoms with Gasteiger partial charge in [-0.2, -0.15) is 0 Å². The molecule has 3 rings (SSSR count). The molecule has 1 N–H and O–H groups in total. The van der Waals surface area contributed by atoms with Crippen molar-refractivity contribution in [1.29, 1.82) is 0 Å². The molecule has 1 saturated heterocycles. The molecular weight excluding hydrogens is 338 g/mol. The minimum atomic E-state index is -3.00. The van der Waals surface area contributed by atoms with Gasteiger partial charge in [0.25, 0.3) is 0 Å². The number of para-hydroxylation sites is 1. The van der Waals surface area contributed by atoms with E-state index in [2.05, 4.69) is 12.2 Å². The van der Waals surface area contributed by atoms with Crippen LogP contribution in [0.4, 0.5) is 0 Å². The molecule has 134 valence electrons. The molecule has 5 nitrogen and oxygen atoms in total. The average molecular weight is 361 g/mol. The molecular formula is C19H23NO4S. The zero-order valence-electron chi connectivity index (χ0n) is 14.3. The van der Waals surface area contributed by atoms with Crippen LogP contribution < -0.4 is 5.32 Å². The number of sulfone groups is 1. The Kier molecular flexibility index (Phi) is 5.27. The van der Waals surface area contributed by atoms with E-state index in [9.17, 15) is 13.2 Å². The standard InChI is InChI=1S/C19H23NO4S/c1-2-3-7-17-16(15-6-4-5-8-18(15)24-17)9-10-19(21)20-14-11-12-25(22,23)13-14/h4-6,8-10,14H,2-3,7,11-13H2,1H3,(H,20,21)/b10-9+. The topological polar surface area (TPSA) is 76.4 Å². The SMILES string of the molecule is CCCCc1oc2ccccc2c1/C=C/C(=O)NC1CCS(=O)(=O)C1. The number of fused-ring (bicyclic) bond motifs is 1. The third-order valence-corrected chi connectivity index (χ3v) is 6.22. The Morgan fingerprint density at radius 2 is 2.16 bits per heavy atom. The monoisotopic (exact) mass is 361 g/mol. The van der Waals surface area contributed by atoms with E-state index in [0.29, 0.717) is 6.42 Å². The van der Waals surface area contributed by atoms with Crippen molar-refractivity contribution in [2.24, 2.45) is 0 Å². The fourth-order valence-electron chi connectivity index (χ4n) is 3.14. The summed E-state index contributed by atoms with van der Waals surface area (Å²) < 4.78 is 28.9. The molecule has 0 spiro atoms. The fourth-order valence-corrected chi connectivity index (χ4v) is 4.81. The van der Waals surface area contributed by atoms with Crippen LogP contribution in [0.2, 0.25) is 0 Å². The lowest BCUT2D eigenvalue weighted by molar-refractivity contribution is -0.116. The first-order valence-corrected chi connectivity index (χ1v) is 10.5. The molecule has 1 atom stereocenters. The van der Waals surface area contributed by atoms with Crippen LogP contribution in [-0.2, 0) is 21.1 Å². The predicted octanol–water partition coefficient (Wildman–Crippen LogP) is 3.09. The maximum atomic E-state index is 12.1. The first-order chi connectivity index (χ1) is 12.0. The molecule has 2 heterocycles. The van der Waals surface area contributed by atoms with Gasteiger partial charge < -0.3 is 9.73 Å². The number of furan rings is 1. The van der Waals surface area contributed by atoms with E-state index in [1.54, 1.807) is 6.08 Å². The summed E-state index contributed by atoms with van der Waals surface area (Å²) in [5.41, 5.74) is 1.74. The van der Waals surface area contributed by atoms with Crippen molar-refractivity contribution in [3.63, 3.8) is 0 Å². The summed E-state index contributed by atoms with van der Waals surface area (Å²) in [4.78, 5) is 12.1. The zero-order chi connectivity index (χ0) is 17.9. The Hall–Kier alpha value is -2.08. The van der Waals surface area contributed by atoms with Gasteiger partial charge in [-0.15, -0.1) is 0 Å². The van der Waals surface area contributed by atoms with E-state index in [1.807, 2.05) is 24.3 Å². The molecule has 6 heteroatoms. The molecule has 0 aliphatic carbocycles. The molecule has 0 saturated carbocycles. The number of hydrogen-bond acceptors (Lipinski definition) is 4. The number of aryl methyl sites for hydroxylation is 1. The second-order valence-corrected chi connectivity index (χ2v) is 8.71. The molecule has 1 unspecified atom stereocenters. The minimum Gasteiger partial charge on any atom is -0.460 e. The molecule has 0 radical (unpaired) electrons. The maximum absolute atomic E-state index is 12.1. The second kappa shape index (κ2) is 7.44. The van der Waals surface area contributed by atoms with Crippen LogP contribution in [0.25, 0.3) is 17.0 Å². The molecule has 1 fully saturated rings. The Balaban J connectivity index is 1.76. The summed E-state index contributed by atoms with van der Waals surface area (Å²) in [6.07, 6.45) is 6.64. The van der Waals surface area contributed by atoms with Crippen LogP contribution in [0.3, 0.4) is 0 Å². The third-order valence-electron chi connectivity index (χ3n) is 4.45. The molecule has 1 aliphatic rings.